The zero-order valence-electron chi connectivity index (χ0n) is 15.8. The minimum atomic E-state index is 0.572. The highest BCUT2D eigenvalue weighted by Crippen LogP contribution is 2.60. The summed E-state index contributed by atoms with van der Waals surface area (Å²) in [6.45, 7) is 2.24. The van der Waals surface area contributed by atoms with Gasteiger partial charge in [-0.25, -0.2) is 0 Å². The van der Waals surface area contributed by atoms with E-state index in [2.05, 4.69) is 59.9 Å². The second-order valence-electron chi connectivity index (χ2n) is 9.00. The van der Waals surface area contributed by atoms with Crippen LogP contribution < -0.4 is 5.32 Å². The molecule has 0 heterocycles. The van der Waals surface area contributed by atoms with Crippen LogP contribution in [-0.4, -0.2) is 6.54 Å². The number of hydrogen-bond donors (Lipinski definition) is 1. The van der Waals surface area contributed by atoms with Crippen LogP contribution in [0.3, 0.4) is 0 Å². The van der Waals surface area contributed by atoms with Gasteiger partial charge in [0, 0.05) is 13.1 Å². The second-order valence-corrected chi connectivity index (χ2v) is 9.00. The molecule has 1 N–H and O–H groups in total. The molecule has 2 aromatic rings. The maximum Gasteiger partial charge on any atom is 0.0205 e. The van der Waals surface area contributed by atoms with Crippen molar-refractivity contribution in [2.75, 3.05) is 6.54 Å². The van der Waals surface area contributed by atoms with Gasteiger partial charge in [0.2, 0.25) is 0 Å². The third-order valence-corrected chi connectivity index (χ3v) is 7.81. The lowest BCUT2D eigenvalue weighted by Gasteiger charge is -2.51. The molecule has 1 nitrogen and oxygen atoms in total. The van der Waals surface area contributed by atoms with E-state index in [0.29, 0.717) is 5.41 Å². The van der Waals surface area contributed by atoms with Gasteiger partial charge in [-0.1, -0.05) is 61.0 Å². The molecule has 3 aliphatic carbocycles. The van der Waals surface area contributed by atoms with Gasteiger partial charge in [-0.15, -0.1) is 0 Å². The van der Waals surface area contributed by atoms with Crippen LogP contribution >= 0.6 is 0 Å². The van der Waals surface area contributed by atoms with E-state index in [1.807, 2.05) is 0 Å². The maximum atomic E-state index is 3.85. The van der Waals surface area contributed by atoms with Gasteiger partial charge >= 0.3 is 0 Å². The summed E-state index contributed by atoms with van der Waals surface area (Å²) in [4.78, 5) is 0. The molecular weight excluding hydrogens is 314 g/mol. The van der Waals surface area contributed by atoms with Gasteiger partial charge in [0.05, 0.1) is 0 Å². The van der Waals surface area contributed by atoms with E-state index in [4.69, 9.17) is 0 Å². The summed E-state index contributed by atoms with van der Waals surface area (Å²) in [7, 11) is 0. The van der Waals surface area contributed by atoms with Crippen LogP contribution in [0.1, 0.15) is 61.1 Å². The summed E-state index contributed by atoms with van der Waals surface area (Å²) >= 11 is 0. The normalized spacial score (nSPS) is 32.5. The highest BCUT2D eigenvalue weighted by molar-refractivity contribution is 5.34. The number of rotatable bonds is 4. The van der Waals surface area contributed by atoms with Crippen molar-refractivity contribution < 1.29 is 0 Å². The summed E-state index contributed by atoms with van der Waals surface area (Å²) in [5.41, 5.74) is 5.32. The maximum absolute atomic E-state index is 3.85. The van der Waals surface area contributed by atoms with Crippen molar-refractivity contribution in [1.29, 1.82) is 0 Å². The van der Waals surface area contributed by atoms with Crippen LogP contribution in [0.4, 0.5) is 0 Å². The first-order valence-electron chi connectivity index (χ1n) is 10.7. The summed E-state index contributed by atoms with van der Waals surface area (Å²) in [5, 5.41) is 3.85. The molecule has 5 rings (SSSR count). The minimum Gasteiger partial charge on any atom is -0.312 e. The Labute approximate surface area is 158 Å². The van der Waals surface area contributed by atoms with E-state index in [0.717, 1.165) is 24.3 Å². The van der Waals surface area contributed by atoms with Crippen molar-refractivity contribution in [2.24, 2.45) is 17.3 Å². The van der Waals surface area contributed by atoms with Gasteiger partial charge in [-0.3, -0.25) is 0 Å². The molecule has 0 amide bonds. The van der Waals surface area contributed by atoms with Gasteiger partial charge in [-0.05, 0) is 78.4 Å². The molecule has 1 heteroatoms. The first kappa shape index (κ1) is 16.6. The van der Waals surface area contributed by atoms with Crippen LogP contribution in [0.5, 0.6) is 0 Å². The van der Waals surface area contributed by atoms with Crippen molar-refractivity contribution in [2.45, 2.75) is 57.4 Å². The minimum absolute atomic E-state index is 0.572. The molecule has 0 radical (unpaired) electrons. The summed E-state index contributed by atoms with van der Waals surface area (Å²) < 4.78 is 0. The van der Waals surface area contributed by atoms with Crippen LogP contribution in [-0.2, 0) is 13.0 Å². The zero-order valence-corrected chi connectivity index (χ0v) is 15.8. The molecule has 2 fully saturated rings. The number of nitrogens with one attached hydrogen (secondary N) is 1. The summed E-state index contributed by atoms with van der Waals surface area (Å²) in [5.74, 6) is 2.71. The van der Waals surface area contributed by atoms with Gasteiger partial charge in [-0.2, -0.15) is 0 Å². The van der Waals surface area contributed by atoms with Crippen LogP contribution in [0.2, 0.25) is 0 Å². The third kappa shape index (κ3) is 2.81. The summed E-state index contributed by atoms with van der Waals surface area (Å²) in [6.07, 6.45) is 9.93. The molecule has 0 saturated heterocycles. The first-order chi connectivity index (χ1) is 12.9. The SMILES string of the molecule is c1ccc(CNC[C@@]23CCC[C@H]2[C@@H]2CCc4ccccc4[C@H]2CC3)cc1. The Morgan fingerprint density at radius 3 is 2.65 bits per heavy atom. The second kappa shape index (κ2) is 6.85. The van der Waals surface area contributed by atoms with E-state index in [1.165, 1.54) is 57.1 Å². The fourth-order valence-corrected chi connectivity index (χ4v) is 6.68. The van der Waals surface area contributed by atoms with Crippen molar-refractivity contribution >= 4 is 0 Å². The van der Waals surface area contributed by atoms with E-state index in [1.54, 1.807) is 11.1 Å². The van der Waals surface area contributed by atoms with Gasteiger partial charge in [0.1, 0.15) is 0 Å². The highest BCUT2D eigenvalue weighted by Gasteiger charge is 2.52. The topological polar surface area (TPSA) is 12.0 Å². The number of aryl methyl sites for hydroxylation is 1. The molecule has 26 heavy (non-hydrogen) atoms. The number of hydrogen-bond acceptors (Lipinski definition) is 1. The number of benzene rings is 2. The molecule has 0 aromatic heterocycles. The predicted molar refractivity (Wildman–Crippen MR) is 108 cm³/mol. The molecule has 3 aliphatic rings. The first-order valence-corrected chi connectivity index (χ1v) is 10.7. The average molecular weight is 346 g/mol. The zero-order chi connectivity index (χ0) is 17.4. The van der Waals surface area contributed by atoms with Crippen LogP contribution in [0.25, 0.3) is 0 Å². The number of fused-ring (bicyclic) bond motifs is 5. The Bertz CT molecular complexity index is 752. The van der Waals surface area contributed by atoms with Gasteiger partial charge in [0.25, 0.3) is 0 Å². The fraction of sp³-hybridized carbons (Fsp3) is 0.520. The molecule has 2 aromatic carbocycles. The lowest BCUT2D eigenvalue weighted by atomic mass is 9.55. The van der Waals surface area contributed by atoms with E-state index < -0.39 is 0 Å². The molecule has 4 atom stereocenters. The van der Waals surface area contributed by atoms with Crippen molar-refractivity contribution in [1.82, 2.24) is 5.32 Å². The van der Waals surface area contributed by atoms with Gasteiger partial charge in [0.15, 0.2) is 0 Å². The molecule has 2 saturated carbocycles. The Morgan fingerprint density at radius 1 is 0.885 bits per heavy atom. The lowest BCUT2D eigenvalue weighted by molar-refractivity contribution is 0.0438. The van der Waals surface area contributed by atoms with Crippen LogP contribution in [0, 0.1) is 17.3 Å². The van der Waals surface area contributed by atoms with Crippen molar-refractivity contribution in [3.8, 4) is 0 Å². The van der Waals surface area contributed by atoms with Gasteiger partial charge < -0.3 is 5.32 Å². The molecule has 0 bridgehead atoms. The van der Waals surface area contributed by atoms with E-state index >= 15 is 0 Å². The molecule has 0 unspecified atom stereocenters. The fourth-order valence-electron chi connectivity index (χ4n) is 6.68. The molecular formula is C25H31N. The predicted octanol–water partition coefficient (Wildman–Crippen LogP) is 5.70. The molecule has 0 spiro atoms. The standard InChI is InChI=1S/C25H31N/c1-2-7-19(8-3-1)17-26-18-25-15-6-11-24(25)23-13-12-20-9-4-5-10-21(20)22(23)14-16-25/h1-5,7-10,22-24,26H,6,11-18H2/t22-,23-,24+,25+/m1/s1. The smallest absolute Gasteiger partial charge is 0.0205 e. The van der Waals surface area contributed by atoms with Crippen LogP contribution in [0.15, 0.2) is 54.6 Å². The highest BCUT2D eigenvalue weighted by atomic mass is 14.9. The third-order valence-electron chi connectivity index (χ3n) is 7.81. The van der Waals surface area contributed by atoms with Crippen molar-refractivity contribution in [3.05, 3.63) is 71.3 Å². The summed E-state index contributed by atoms with van der Waals surface area (Å²) in [6, 6.07) is 20.2. The monoisotopic (exact) mass is 345 g/mol. The Balaban J connectivity index is 1.32. The Kier molecular flexibility index (Phi) is 4.36. The Hall–Kier alpha value is -1.60. The molecule has 0 aliphatic heterocycles. The molecule has 136 valence electrons. The van der Waals surface area contributed by atoms with E-state index in [-0.39, 0.29) is 0 Å². The largest absolute Gasteiger partial charge is 0.312 e. The quantitative estimate of drug-likeness (QED) is 0.749. The average Bonchev–Trinajstić information content (AvgIpc) is 3.13. The van der Waals surface area contributed by atoms with E-state index in [9.17, 15) is 0 Å². The lowest BCUT2D eigenvalue weighted by Crippen LogP contribution is -2.46. The Morgan fingerprint density at radius 2 is 1.73 bits per heavy atom. The van der Waals surface area contributed by atoms with Crippen molar-refractivity contribution in [3.63, 3.8) is 0 Å².